The Bertz CT molecular complexity index is 884. The number of methoxy groups -OCH3 is 1. The molecule has 0 fully saturated rings. The van der Waals surface area contributed by atoms with E-state index < -0.39 is 5.63 Å². The fourth-order valence-electron chi connectivity index (χ4n) is 2.17. The number of halogens is 2. The molecule has 0 aliphatic carbocycles. The molecule has 1 heterocycles. The van der Waals surface area contributed by atoms with Gasteiger partial charge in [0.2, 0.25) is 0 Å². The lowest BCUT2D eigenvalue weighted by Crippen LogP contribution is -1.98. The smallest absolute Gasteiger partial charge is 0.336 e. The van der Waals surface area contributed by atoms with Gasteiger partial charge in [0.25, 0.3) is 0 Å². The van der Waals surface area contributed by atoms with Crippen molar-refractivity contribution < 1.29 is 9.15 Å². The normalized spacial score (nSPS) is 10.8. The van der Waals surface area contributed by atoms with Crippen LogP contribution in [0.5, 0.6) is 5.75 Å². The van der Waals surface area contributed by atoms with Crippen LogP contribution in [0.1, 0.15) is 0 Å². The minimum absolute atomic E-state index is 0.433. The monoisotopic (exact) mass is 320 g/mol. The fraction of sp³-hybridized carbons (Fsp3) is 0.0625. The molecule has 0 atom stereocenters. The summed E-state index contributed by atoms with van der Waals surface area (Å²) in [5.41, 5.74) is 1.56. The van der Waals surface area contributed by atoms with Crippen molar-refractivity contribution in [3.8, 4) is 16.9 Å². The zero-order chi connectivity index (χ0) is 15.0. The summed E-state index contributed by atoms with van der Waals surface area (Å²) in [4.78, 5) is 11.8. The van der Waals surface area contributed by atoms with E-state index in [1.54, 1.807) is 25.3 Å². The highest BCUT2D eigenvalue weighted by Gasteiger charge is 2.10. The Kier molecular flexibility index (Phi) is 3.62. The predicted molar refractivity (Wildman–Crippen MR) is 84.5 cm³/mol. The quantitative estimate of drug-likeness (QED) is 0.638. The molecule has 0 saturated carbocycles. The van der Waals surface area contributed by atoms with Crippen LogP contribution in [-0.4, -0.2) is 7.11 Å². The zero-order valence-corrected chi connectivity index (χ0v) is 12.5. The second-order valence-corrected chi connectivity index (χ2v) is 5.28. The molecule has 0 spiro atoms. The molecule has 0 N–H and O–H groups in total. The third-order valence-electron chi connectivity index (χ3n) is 3.18. The van der Waals surface area contributed by atoms with E-state index in [9.17, 15) is 4.79 Å². The number of fused-ring (bicyclic) bond motifs is 1. The molecule has 5 heteroatoms. The molecule has 0 amide bonds. The Balaban J connectivity index is 2.31. The Morgan fingerprint density at radius 2 is 1.81 bits per heavy atom. The Morgan fingerprint density at radius 1 is 1.00 bits per heavy atom. The average Bonchev–Trinajstić information content (AvgIpc) is 2.48. The molecule has 0 saturated heterocycles. The molecule has 1 aromatic heterocycles. The Labute approximate surface area is 130 Å². The van der Waals surface area contributed by atoms with E-state index in [4.69, 9.17) is 32.4 Å². The summed E-state index contributed by atoms with van der Waals surface area (Å²) in [6.45, 7) is 0. The molecule has 106 valence electrons. The molecule has 0 aliphatic heterocycles. The first-order valence-corrected chi connectivity index (χ1v) is 6.91. The maximum absolute atomic E-state index is 11.8. The van der Waals surface area contributed by atoms with Gasteiger partial charge in [-0.3, -0.25) is 0 Å². The van der Waals surface area contributed by atoms with Crippen molar-refractivity contribution in [2.45, 2.75) is 0 Å². The number of benzene rings is 2. The molecule has 2 aromatic carbocycles. The molecule has 0 radical (unpaired) electrons. The highest BCUT2D eigenvalue weighted by Crippen LogP contribution is 2.33. The van der Waals surface area contributed by atoms with Gasteiger partial charge in [-0.05, 0) is 35.4 Å². The van der Waals surface area contributed by atoms with Gasteiger partial charge in [0.05, 0.1) is 17.2 Å². The lowest BCUT2D eigenvalue weighted by molar-refractivity contribution is 0.414. The van der Waals surface area contributed by atoms with Gasteiger partial charge < -0.3 is 9.15 Å². The number of rotatable bonds is 2. The van der Waals surface area contributed by atoms with E-state index in [2.05, 4.69) is 0 Å². The summed E-state index contributed by atoms with van der Waals surface area (Å²) in [5, 5.41) is 1.70. The minimum Gasteiger partial charge on any atom is -0.497 e. The maximum Gasteiger partial charge on any atom is 0.336 e. The van der Waals surface area contributed by atoms with Crippen LogP contribution in [0.15, 0.2) is 51.7 Å². The van der Waals surface area contributed by atoms with Crippen LogP contribution < -0.4 is 10.4 Å². The molecule has 3 nitrogen and oxygen atoms in total. The first kappa shape index (κ1) is 14.0. The van der Waals surface area contributed by atoms with Gasteiger partial charge in [-0.1, -0.05) is 29.3 Å². The predicted octanol–water partition coefficient (Wildman–Crippen LogP) is 4.78. The van der Waals surface area contributed by atoms with Crippen LogP contribution in [0.4, 0.5) is 0 Å². The molecular weight excluding hydrogens is 311 g/mol. The van der Waals surface area contributed by atoms with Gasteiger partial charge in [-0.15, -0.1) is 0 Å². The minimum atomic E-state index is -0.433. The van der Waals surface area contributed by atoms with E-state index in [1.165, 1.54) is 6.07 Å². The number of hydrogen-bond acceptors (Lipinski definition) is 3. The number of hydrogen-bond donors (Lipinski definition) is 0. The summed E-state index contributed by atoms with van der Waals surface area (Å²) in [5.74, 6) is 0.622. The molecule has 0 bridgehead atoms. The first-order chi connectivity index (χ1) is 10.1. The molecule has 21 heavy (non-hydrogen) atoms. The highest BCUT2D eigenvalue weighted by atomic mass is 35.5. The lowest BCUT2D eigenvalue weighted by atomic mass is 10.0. The van der Waals surface area contributed by atoms with Crippen molar-refractivity contribution in [1.29, 1.82) is 0 Å². The van der Waals surface area contributed by atoms with Gasteiger partial charge in [0.1, 0.15) is 11.3 Å². The van der Waals surface area contributed by atoms with Crippen molar-refractivity contribution in [2.24, 2.45) is 0 Å². The van der Waals surface area contributed by atoms with Gasteiger partial charge in [0.15, 0.2) is 0 Å². The van der Waals surface area contributed by atoms with Crippen molar-refractivity contribution in [2.75, 3.05) is 7.11 Å². The SMILES string of the molecule is COc1ccc2c(-c3ccc(Cl)c(Cl)c3)cc(=O)oc2c1. The molecule has 3 rings (SSSR count). The van der Waals surface area contributed by atoms with E-state index in [-0.39, 0.29) is 0 Å². The van der Waals surface area contributed by atoms with Crippen LogP contribution in [0.25, 0.3) is 22.1 Å². The number of ether oxygens (including phenoxy) is 1. The van der Waals surface area contributed by atoms with Crippen LogP contribution in [0.3, 0.4) is 0 Å². The first-order valence-electron chi connectivity index (χ1n) is 6.16. The standard InChI is InChI=1S/C16H10Cl2O3/c1-20-10-3-4-11-12(8-16(19)21-15(11)7-10)9-2-5-13(17)14(18)6-9/h2-8H,1H3. The average molecular weight is 321 g/mol. The fourth-order valence-corrected chi connectivity index (χ4v) is 2.47. The van der Waals surface area contributed by atoms with Gasteiger partial charge in [-0.2, -0.15) is 0 Å². The van der Waals surface area contributed by atoms with Gasteiger partial charge in [0, 0.05) is 17.5 Å². The van der Waals surface area contributed by atoms with Crippen molar-refractivity contribution in [3.05, 3.63) is 62.9 Å². The Morgan fingerprint density at radius 3 is 2.52 bits per heavy atom. The second-order valence-electron chi connectivity index (χ2n) is 4.47. The van der Waals surface area contributed by atoms with Crippen LogP contribution in [0, 0.1) is 0 Å². The van der Waals surface area contributed by atoms with Crippen LogP contribution in [-0.2, 0) is 0 Å². The van der Waals surface area contributed by atoms with E-state index in [0.29, 0.717) is 21.4 Å². The third-order valence-corrected chi connectivity index (χ3v) is 3.92. The van der Waals surface area contributed by atoms with Crippen LogP contribution in [0.2, 0.25) is 10.0 Å². The topological polar surface area (TPSA) is 39.4 Å². The summed E-state index contributed by atoms with van der Waals surface area (Å²) in [7, 11) is 1.56. The Hall–Kier alpha value is -1.97. The highest BCUT2D eigenvalue weighted by molar-refractivity contribution is 6.42. The van der Waals surface area contributed by atoms with Gasteiger partial charge >= 0.3 is 5.63 Å². The lowest BCUT2D eigenvalue weighted by Gasteiger charge is -2.08. The maximum atomic E-state index is 11.8. The second kappa shape index (κ2) is 5.43. The summed E-state index contributed by atoms with van der Waals surface area (Å²) >= 11 is 12.0. The summed E-state index contributed by atoms with van der Waals surface area (Å²) in [6, 6.07) is 12.0. The third kappa shape index (κ3) is 2.62. The van der Waals surface area contributed by atoms with Crippen LogP contribution >= 0.6 is 23.2 Å². The molecule has 0 unspecified atom stereocenters. The van der Waals surface area contributed by atoms with E-state index >= 15 is 0 Å². The van der Waals surface area contributed by atoms with Crippen molar-refractivity contribution in [3.63, 3.8) is 0 Å². The largest absolute Gasteiger partial charge is 0.497 e. The van der Waals surface area contributed by atoms with Gasteiger partial charge in [-0.25, -0.2) is 4.79 Å². The van der Waals surface area contributed by atoms with E-state index in [0.717, 1.165) is 16.5 Å². The molecule has 3 aromatic rings. The van der Waals surface area contributed by atoms with Crippen molar-refractivity contribution in [1.82, 2.24) is 0 Å². The molecule has 0 aliphatic rings. The molecular formula is C16H10Cl2O3. The summed E-state index contributed by atoms with van der Waals surface area (Å²) < 4.78 is 10.4. The summed E-state index contributed by atoms with van der Waals surface area (Å²) in [6.07, 6.45) is 0. The van der Waals surface area contributed by atoms with E-state index in [1.807, 2.05) is 18.2 Å². The van der Waals surface area contributed by atoms with Crippen molar-refractivity contribution >= 4 is 34.2 Å². The zero-order valence-electron chi connectivity index (χ0n) is 11.0.